The van der Waals surface area contributed by atoms with E-state index in [-0.39, 0.29) is 110 Å². The molecule has 18 heteroatoms. The third-order valence-corrected chi connectivity index (χ3v) is 20.9. The number of rotatable bonds is 9. The average molecular weight is 1420 g/mol. The van der Waals surface area contributed by atoms with E-state index in [0.717, 1.165) is 27.5 Å². The fraction of sp³-hybridized carbons (Fsp3) is 0. The molecule has 0 aliphatic rings. The van der Waals surface area contributed by atoms with Crippen molar-refractivity contribution in [3.05, 3.63) is 237 Å². The van der Waals surface area contributed by atoms with Crippen molar-refractivity contribution in [3.8, 4) is 176 Å². The minimum Gasteiger partial charge on any atom is -0.504 e. The maximum atomic E-state index is 13.5. The summed E-state index contributed by atoms with van der Waals surface area (Å²) in [4.78, 5) is 0. The van der Waals surface area contributed by atoms with Gasteiger partial charge in [0, 0.05) is 86.9 Å². The molecular formula is C90H54O18. The van der Waals surface area contributed by atoms with Crippen LogP contribution in [0.4, 0.5) is 0 Å². The normalized spacial score (nSPS) is 11.9. The quantitative estimate of drug-likeness (QED) is 0.0363. The summed E-state index contributed by atoms with van der Waals surface area (Å²) in [5.41, 5.74) is 5.57. The Morgan fingerprint density at radius 2 is 0.546 bits per heavy atom. The summed E-state index contributed by atoms with van der Waals surface area (Å²) in [5, 5.41) is 185. The van der Waals surface area contributed by atoms with E-state index in [1.807, 2.05) is 103 Å². The highest BCUT2D eigenvalue weighted by molar-refractivity contribution is 6.34. The highest BCUT2D eigenvalue weighted by atomic mass is 16.5. The van der Waals surface area contributed by atoms with E-state index in [4.69, 9.17) is 13.6 Å². The van der Waals surface area contributed by atoms with Crippen LogP contribution in [0.15, 0.2) is 245 Å². The Labute approximate surface area is 607 Å². The summed E-state index contributed by atoms with van der Waals surface area (Å²) in [6.07, 6.45) is 0. The van der Waals surface area contributed by atoms with Crippen molar-refractivity contribution >= 4 is 109 Å². The van der Waals surface area contributed by atoms with Gasteiger partial charge in [0.1, 0.15) is 28.1 Å². The van der Waals surface area contributed by atoms with Crippen LogP contribution >= 0.6 is 0 Å². The number of benzene rings is 17. The molecule has 0 amide bonds. The van der Waals surface area contributed by atoms with E-state index < -0.39 is 92.0 Å². The van der Waals surface area contributed by atoms with Crippen LogP contribution in [0.2, 0.25) is 0 Å². The lowest BCUT2D eigenvalue weighted by molar-refractivity contribution is 0.350. The van der Waals surface area contributed by atoms with Gasteiger partial charge in [-0.15, -0.1) is 0 Å². The van der Waals surface area contributed by atoms with Gasteiger partial charge in [-0.25, -0.2) is 0 Å². The van der Waals surface area contributed by atoms with Crippen LogP contribution in [0.25, 0.3) is 186 Å². The number of furan rings is 2. The van der Waals surface area contributed by atoms with Crippen LogP contribution in [0.1, 0.15) is 0 Å². The maximum Gasteiger partial charge on any atom is 0.215 e. The van der Waals surface area contributed by atoms with E-state index in [2.05, 4.69) is 0 Å². The minimum absolute atomic E-state index is 0.0300. The van der Waals surface area contributed by atoms with Gasteiger partial charge in [0.25, 0.3) is 0 Å². The number of fused-ring (bicyclic) bond motifs is 12. The Kier molecular flexibility index (Phi) is 13.8. The average Bonchev–Trinajstić information content (AvgIpc) is 0.889. The van der Waals surface area contributed by atoms with Crippen LogP contribution in [0.5, 0.6) is 97.7 Å². The van der Waals surface area contributed by atoms with E-state index in [9.17, 15) is 76.6 Å². The van der Waals surface area contributed by atoms with Gasteiger partial charge in [-0.05, 0) is 132 Å². The van der Waals surface area contributed by atoms with E-state index >= 15 is 0 Å². The predicted octanol–water partition coefficient (Wildman–Crippen LogP) is 21.4. The standard InChI is InChI=1S/C90H54O18/c91-75-67-61(46-31-33-50(41-18-6-2-7-19-41)54(37-46)42-20-8-3-9-21-42)68-72(65(71(67)78(94)86(102)83(75)99)52-26-14-28-57-62(52)55-35-43-22-10-11-23-44(43)38-59(55)107-57)81(97)89(105)90(82(68)98)106-48-32-30-45-36-56-60(39-47(45)34-48)108-58-29-15-27-53(63(56)58)66-73-69(76(92)84(100)87(103)79(73)95)64(70-74(66)80(96)88(104)85(101)77(70)93)51-25-13-12-24-49(51)40-16-4-1-5-17-40/h1-39,91-105H. The van der Waals surface area contributed by atoms with Gasteiger partial charge in [-0.2, -0.15) is 0 Å². The number of ether oxygens (including phenoxy) is 1. The molecule has 0 aliphatic carbocycles. The first-order chi connectivity index (χ1) is 52.4. The molecule has 0 saturated carbocycles. The molecule has 15 N–H and O–H groups in total. The second-order valence-corrected chi connectivity index (χ2v) is 26.7. The molecule has 522 valence electrons. The number of hydrogen-bond donors (Lipinski definition) is 15. The lowest BCUT2D eigenvalue weighted by Crippen LogP contribution is -1.97. The lowest BCUT2D eigenvalue weighted by Gasteiger charge is -2.24. The van der Waals surface area contributed by atoms with Crippen molar-refractivity contribution in [2.45, 2.75) is 0 Å². The van der Waals surface area contributed by atoms with Crippen molar-refractivity contribution in [2.24, 2.45) is 0 Å². The molecule has 0 aliphatic heterocycles. The molecule has 108 heavy (non-hydrogen) atoms. The smallest absolute Gasteiger partial charge is 0.215 e. The number of aromatic hydroxyl groups is 15. The zero-order chi connectivity index (χ0) is 74.1. The third-order valence-electron chi connectivity index (χ3n) is 20.9. The minimum atomic E-state index is -1.15. The number of phenolic OH excluding ortho intramolecular Hbond substituents is 15. The van der Waals surface area contributed by atoms with Gasteiger partial charge in [-0.3, -0.25) is 0 Å². The predicted molar refractivity (Wildman–Crippen MR) is 416 cm³/mol. The first-order valence-corrected chi connectivity index (χ1v) is 34.0. The Bertz CT molecular complexity index is 7110. The molecule has 18 nitrogen and oxygen atoms in total. The zero-order valence-corrected chi connectivity index (χ0v) is 55.9. The molecule has 19 rings (SSSR count). The SMILES string of the molecule is Oc1c(O)c(O)c2c(-c3cccc4oc5cc6ccccc6cc5c34)c3c(O)c(O)c(Oc4ccc5cc6c(cc5c4)oc4cccc(-c5c7c(O)c(O)c(O)c(O)c7c(-c7ccccc7-c7ccccc7)c7c(O)c(O)c(O)c(O)c57)c46)c(O)c3c(-c3ccc(-c4ccccc4)c(-c4ccccc4)c3)c2c1O. The summed E-state index contributed by atoms with van der Waals surface area (Å²) < 4.78 is 19.8. The van der Waals surface area contributed by atoms with Crippen LogP contribution in [0.3, 0.4) is 0 Å². The molecule has 2 aromatic heterocycles. The van der Waals surface area contributed by atoms with Gasteiger partial charge in [0.2, 0.25) is 46.0 Å². The van der Waals surface area contributed by atoms with Crippen molar-refractivity contribution < 1.29 is 90.2 Å². The first-order valence-electron chi connectivity index (χ1n) is 34.0. The highest BCUT2D eigenvalue weighted by Gasteiger charge is 2.37. The van der Waals surface area contributed by atoms with Crippen LogP contribution in [-0.4, -0.2) is 76.6 Å². The molecule has 0 unspecified atom stereocenters. The van der Waals surface area contributed by atoms with Gasteiger partial charge in [0.05, 0.1) is 0 Å². The Hall–Kier alpha value is -15.3. The Morgan fingerprint density at radius 1 is 0.194 bits per heavy atom. The van der Waals surface area contributed by atoms with E-state index in [1.165, 1.54) is 6.07 Å². The van der Waals surface area contributed by atoms with Crippen molar-refractivity contribution in [1.82, 2.24) is 0 Å². The maximum absolute atomic E-state index is 13.5. The van der Waals surface area contributed by atoms with Crippen molar-refractivity contribution in [3.63, 3.8) is 0 Å². The van der Waals surface area contributed by atoms with Gasteiger partial charge < -0.3 is 90.2 Å². The van der Waals surface area contributed by atoms with Gasteiger partial charge >= 0.3 is 0 Å². The van der Waals surface area contributed by atoms with Gasteiger partial charge in [-0.1, -0.05) is 182 Å². The number of hydrogen-bond acceptors (Lipinski definition) is 18. The number of phenols is 15. The highest BCUT2D eigenvalue weighted by Crippen LogP contribution is 2.66. The molecule has 19 aromatic rings. The fourth-order valence-electron chi connectivity index (χ4n) is 16.1. The second kappa shape index (κ2) is 23.4. The molecule has 17 aromatic carbocycles. The van der Waals surface area contributed by atoms with Crippen LogP contribution in [-0.2, 0) is 0 Å². The van der Waals surface area contributed by atoms with Gasteiger partial charge in [0.15, 0.2) is 46.0 Å². The summed E-state index contributed by atoms with van der Waals surface area (Å²) in [7, 11) is 0. The fourth-order valence-corrected chi connectivity index (χ4v) is 16.1. The topological polar surface area (TPSA) is 339 Å². The summed E-state index contributed by atoms with van der Waals surface area (Å²) in [6, 6.07) is 69.3. The molecular weight excluding hydrogens is 1370 g/mol. The molecule has 0 fully saturated rings. The van der Waals surface area contributed by atoms with Crippen molar-refractivity contribution in [2.75, 3.05) is 0 Å². The molecule has 0 radical (unpaired) electrons. The third kappa shape index (κ3) is 9.00. The summed E-state index contributed by atoms with van der Waals surface area (Å²) in [6.45, 7) is 0. The van der Waals surface area contributed by atoms with E-state index in [0.29, 0.717) is 54.8 Å². The summed E-state index contributed by atoms with van der Waals surface area (Å²) in [5.74, 6) is -15.9. The zero-order valence-electron chi connectivity index (χ0n) is 55.9. The molecule has 0 saturated heterocycles. The first kappa shape index (κ1) is 63.6. The summed E-state index contributed by atoms with van der Waals surface area (Å²) >= 11 is 0. The second-order valence-electron chi connectivity index (χ2n) is 26.7. The van der Waals surface area contributed by atoms with Crippen molar-refractivity contribution in [1.29, 1.82) is 0 Å². The van der Waals surface area contributed by atoms with Crippen LogP contribution in [0, 0.1) is 0 Å². The monoisotopic (exact) mass is 1420 g/mol. The molecule has 0 atom stereocenters. The molecule has 0 bridgehead atoms. The van der Waals surface area contributed by atoms with E-state index in [1.54, 1.807) is 127 Å². The molecule has 0 spiro atoms. The Balaban J connectivity index is 0.846. The lowest BCUT2D eigenvalue weighted by atomic mass is 9.81. The largest absolute Gasteiger partial charge is 0.504 e. The Morgan fingerprint density at radius 3 is 1.02 bits per heavy atom. The van der Waals surface area contributed by atoms with Crippen LogP contribution < -0.4 is 4.74 Å². The molecule has 2 heterocycles.